The van der Waals surface area contributed by atoms with Gasteiger partial charge in [0.25, 0.3) is 0 Å². The Balaban J connectivity index is 0.00000272. The van der Waals surface area contributed by atoms with Crippen molar-refractivity contribution in [1.29, 1.82) is 0 Å². The predicted molar refractivity (Wildman–Crippen MR) is 128 cm³/mol. The van der Waals surface area contributed by atoms with Crippen molar-refractivity contribution in [2.75, 3.05) is 27.0 Å². The Labute approximate surface area is 190 Å². The molecular weight excluding hydrogens is 410 g/mol. The van der Waals surface area contributed by atoms with E-state index < -0.39 is 0 Å². The predicted octanol–water partition coefficient (Wildman–Crippen LogP) is 5.80. The molecule has 0 fully saturated rings. The summed E-state index contributed by atoms with van der Waals surface area (Å²) in [5, 5.41) is 3.10. The molecule has 3 aromatic carbocycles. The van der Waals surface area contributed by atoms with E-state index in [-0.39, 0.29) is 19.2 Å². The molecule has 1 aliphatic heterocycles. The lowest BCUT2D eigenvalue weighted by Gasteiger charge is -2.17. The minimum Gasteiger partial charge on any atom is -0.492 e. The lowest BCUT2D eigenvalue weighted by Crippen LogP contribution is -2.15. The third-order valence-electron chi connectivity index (χ3n) is 5.20. The standard InChI is InChI=1S/C26H27NO3.ClH/c1-3-23(19-7-5-4-6-8-19)26(21-11-14-24-25(17-21)30-18-29-24)20-9-12-22(13-10-20)28-16-15-27-2;/h4-14,17,27H,3,15-16,18H2,1-2H3;1H/b26-23-;. The van der Waals surface area contributed by atoms with Gasteiger partial charge in [0.15, 0.2) is 11.5 Å². The van der Waals surface area contributed by atoms with Crippen LogP contribution in [0.3, 0.4) is 0 Å². The molecule has 1 heterocycles. The Morgan fingerprint density at radius 3 is 2.29 bits per heavy atom. The van der Waals surface area contributed by atoms with Crippen molar-refractivity contribution in [2.24, 2.45) is 0 Å². The number of nitrogens with one attached hydrogen (secondary N) is 1. The van der Waals surface area contributed by atoms with E-state index in [2.05, 4.69) is 60.8 Å². The van der Waals surface area contributed by atoms with Crippen molar-refractivity contribution >= 4 is 23.6 Å². The summed E-state index contributed by atoms with van der Waals surface area (Å²) in [5.41, 5.74) is 5.98. The summed E-state index contributed by atoms with van der Waals surface area (Å²) >= 11 is 0. The molecule has 0 saturated heterocycles. The molecule has 0 saturated carbocycles. The highest BCUT2D eigenvalue weighted by atomic mass is 35.5. The Kier molecular flexibility index (Phi) is 7.99. The number of ether oxygens (including phenoxy) is 3. The summed E-state index contributed by atoms with van der Waals surface area (Å²) in [7, 11) is 1.92. The second-order valence-corrected chi connectivity index (χ2v) is 7.12. The summed E-state index contributed by atoms with van der Waals surface area (Å²) in [4.78, 5) is 0. The number of benzene rings is 3. The fourth-order valence-corrected chi connectivity index (χ4v) is 3.72. The fraction of sp³-hybridized carbons (Fsp3) is 0.231. The second kappa shape index (κ2) is 10.9. The summed E-state index contributed by atoms with van der Waals surface area (Å²) in [6, 6.07) is 25.1. The Hall–Kier alpha value is -2.95. The molecule has 4 rings (SSSR count). The number of halogens is 1. The third kappa shape index (κ3) is 5.22. The van der Waals surface area contributed by atoms with Crippen LogP contribution in [-0.4, -0.2) is 27.0 Å². The van der Waals surface area contributed by atoms with Crippen LogP contribution in [0.5, 0.6) is 17.2 Å². The van der Waals surface area contributed by atoms with E-state index in [9.17, 15) is 0 Å². The fourth-order valence-electron chi connectivity index (χ4n) is 3.72. The van der Waals surface area contributed by atoms with Gasteiger partial charge in [0.05, 0.1) is 0 Å². The maximum atomic E-state index is 5.80. The minimum absolute atomic E-state index is 0. The van der Waals surface area contributed by atoms with Crippen LogP contribution in [0.4, 0.5) is 0 Å². The number of hydrogen-bond donors (Lipinski definition) is 1. The molecule has 0 unspecified atom stereocenters. The highest BCUT2D eigenvalue weighted by Crippen LogP contribution is 2.40. The molecule has 31 heavy (non-hydrogen) atoms. The van der Waals surface area contributed by atoms with Crippen molar-refractivity contribution in [3.05, 3.63) is 89.5 Å². The molecule has 162 valence electrons. The number of rotatable bonds is 8. The van der Waals surface area contributed by atoms with E-state index in [0.717, 1.165) is 41.3 Å². The van der Waals surface area contributed by atoms with Gasteiger partial charge in [0.1, 0.15) is 12.4 Å². The van der Waals surface area contributed by atoms with Crippen molar-refractivity contribution in [3.63, 3.8) is 0 Å². The second-order valence-electron chi connectivity index (χ2n) is 7.12. The molecule has 0 amide bonds. The van der Waals surface area contributed by atoms with Gasteiger partial charge in [0, 0.05) is 6.54 Å². The van der Waals surface area contributed by atoms with E-state index in [4.69, 9.17) is 14.2 Å². The first-order valence-corrected chi connectivity index (χ1v) is 10.4. The minimum atomic E-state index is 0. The van der Waals surface area contributed by atoms with Gasteiger partial charge < -0.3 is 19.5 Å². The summed E-state index contributed by atoms with van der Waals surface area (Å²) in [5.74, 6) is 2.46. The zero-order valence-corrected chi connectivity index (χ0v) is 18.7. The average molecular weight is 438 g/mol. The van der Waals surface area contributed by atoms with Gasteiger partial charge in [-0.2, -0.15) is 0 Å². The van der Waals surface area contributed by atoms with Gasteiger partial charge in [0.2, 0.25) is 6.79 Å². The molecule has 5 heteroatoms. The van der Waals surface area contributed by atoms with Crippen LogP contribution in [-0.2, 0) is 0 Å². The van der Waals surface area contributed by atoms with Gasteiger partial charge in [-0.3, -0.25) is 0 Å². The van der Waals surface area contributed by atoms with E-state index in [1.807, 2.05) is 31.3 Å². The van der Waals surface area contributed by atoms with Crippen LogP contribution >= 0.6 is 12.4 Å². The number of allylic oxidation sites excluding steroid dienone is 1. The molecule has 0 radical (unpaired) electrons. The highest BCUT2D eigenvalue weighted by molar-refractivity contribution is 5.99. The summed E-state index contributed by atoms with van der Waals surface area (Å²) in [6.45, 7) is 3.93. The maximum Gasteiger partial charge on any atom is 0.231 e. The van der Waals surface area contributed by atoms with Gasteiger partial charge in [-0.15, -0.1) is 12.4 Å². The highest BCUT2D eigenvalue weighted by Gasteiger charge is 2.18. The van der Waals surface area contributed by atoms with Gasteiger partial charge in [-0.25, -0.2) is 0 Å². The van der Waals surface area contributed by atoms with E-state index >= 15 is 0 Å². The number of likely N-dealkylation sites (N-methyl/N-ethyl adjacent to an activating group) is 1. The normalized spacial score (nSPS) is 12.7. The smallest absolute Gasteiger partial charge is 0.231 e. The van der Waals surface area contributed by atoms with Gasteiger partial charge >= 0.3 is 0 Å². The molecule has 1 N–H and O–H groups in total. The largest absolute Gasteiger partial charge is 0.492 e. The van der Waals surface area contributed by atoms with E-state index in [0.29, 0.717) is 6.61 Å². The van der Waals surface area contributed by atoms with Crippen LogP contribution in [0.1, 0.15) is 30.0 Å². The Bertz CT molecular complexity index is 1020. The van der Waals surface area contributed by atoms with Crippen molar-refractivity contribution in [3.8, 4) is 17.2 Å². The Morgan fingerprint density at radius 1 is 0.871 bits per heavy atom. The summed E-state index contributed by atoms with van der Waals surface area (Å²) < 4.78 is 17.0. The molecule has 0 aromatic heterocycles. The van der Waals surface area contributed by atoms with Crippen LogP contribution in [0.2, 0.25) is 0 Å². The molecule has 0 bridgehead atoms. The molecule has 4 nitrogen and oxygen atoms in total. The quantitative estimate of drug-likeness (QED) is 0.357. The monoisotopic (exact) mass is 437 g/mol. The lowest BCUT2D eigenvalue weighted by atomic mass is 9.88. The molecule has 0 aliphatic carbocycles. The topological polar surface area (TPSA) is 39.7 Å². The Morgan fingerprint density at radius 2 is 1.58 bits per heavy atom. The van der Waals surface area contributed by atoms with Gasteiger partial charge in [-0.05, 0) is 65.6 Å². The lowest BCUT2D eigenvalue weighted by molar-refractivity contribution is 0.174. The van der Waals surface area contributed by atoms with Crippen molar-refractivity contribution in [1.82, 2.24) is 5.32 Å². The van der Waals surface area contributed by atoms with Crippen molar-refractivity contribution in [2.45, 2.75) is 13.3 Å². The van der Waals surface area contributed by atoms with Crippen LogP contribution in [0, 0.1) is 0 Å². The zero-order chi connectivity index (χ0) is 20.8. The van der Waals surface area contributed by atoms with Crippen molar-refractivity contribution < 1.29 is 14.2 Å². The molecule has 3 aromatic rings. The van der Waals surface area contributed by atoms with Crippen LogP contribution < -0.4 is 19.5 Å². The van der Waals surface area contributed by atoms with E-state index in [1.165, 1.54) is 16.7 Å². The summed E-state index contributed by atoms with van der Waals surface area (Å²) in [6.07, 6.45) is 0.911. The number of fused-ring (bicyclic) bond motifs is 1. The molecule has 1 aliphatic rings. The molecule has 0 spiro atoms. The zero-order valence-electron chi connectivity index (χ0n) is 17.9. The SMILES string of the molecule is CC/C(=C(\c1ccc(OCCNC)cc1)c1ccc2c(c1)OCO2)c1ccccc1.Cl. The number of hydrogen-bond acceptors (Lipinski definition) is 4. The van der Waals surface area contributed by atoms with Crippen LogP contribution in [0.25, 0.3) is 11.1 Å². The van der Waals surface area contributed by atoms with E-state index in [1.54, 1.807) is 0 Å². The first-order valence-electron chi connectivity index (χ1n) is 10.4. The average Bonchev–Trinajstić information content (AvgIpc) is 3.27. The first-order chi connectivity index (χ1) is 14.8. The maximum absolute atomic E-state index is 5.80. The van der Waals surface area contributed by atoms with Gasteiger partial charge in [-0.1, -0.05) is 55.5 Å². The molecular formula is C26H28ClNO3. The third-order valence-corrected chi connectivity index (χ3v) is 5.20. The molecule has 0 atom stereocenters. The van der Waals surface area contributed by atoms with Crippen LogP contribution in [0.15, 0.2) is 72.8 Å². The first kappa shape index (κ1) is 22.7.